The Labute approximate surface area is 109 Å². The number of benzene rings is 1. The molecular formula is C12H14BrClO2. The van der Waals surface area contributed by atoms with E-state index in [1.807, 2.05) is 18.2 Å². The summed E-state index contributed by atoms with van der Waals surface area (Å²) in [6.45, 7) is 0. The minimum absolute atomic E-state index is 0.219. The molecular weight excluding hydrogens is 291 g/mol. The average Bonchev–Trinajstić information content (AvgIpc) is 2.71. The number of methoxy groups -OCH3 is 1. The third-order valence-electron chi connectivity index (χ3n) is 2.86. The van der Waals surface area contributed by atoms with Crippen LogP contribution in [-0.4, -0.2) is 19.3 Å². The largest absolute Gasteiger partial charge is 0.489 e. The van der Waals surface area contributed by atoms with Gasteiger partial charge in [0.15, 0.2) is 0 Å². The summed E-state index contributed by atoms with van der Waals surface area (Å²) in [6, 6.07) is 5.65. The molecule has 0 aliphatic heterocycles. The smallest absolute Gasteiger partial charge is 0.139 e. The van der Waals surface area contributed by atoms with Gasteiger partial charge in [0.05, 0.1) is 11.1 Å². The third-order valence-corrected chi connectivity index (χ3v) is 3.66. The molecule has 0 N–H and O–H groups in total. The molecule has 0 aromatic heterocycles. The van der Waals surface area contributed by atoms with Crippen LogP contribution >= 0.6 is 27.5 Å². The lowest BCUT2D eigenvalue weighted by Crippen LogP contribution is -2.14. The van der Waals surface area contributed by atoms with Crippen LogP contribution in [0.3, 0.4) is 0 Å². The van der Waals surface area contributed by atoms with E-state index in [1.165, 1.54) is 0 Å². The van der Waals surface area contributed by atoms with Crippen LogP contribution in [0.5, 0.6) is 5.75 Å². The van der Waals surface area contributed by atoms with Crippen molar-refractivity contribution in [1.29, 1.82) is 0 Å². The Balaban J connectivity index is 2.01. The molecule has 1 saturated carbocycles. The fraction of sp³-hybridized carbons (Fsp3) is 0.500. The van der Waals surface area contributed by atoms with Gasteiger partial charge >= 0.3 is 0 Å². The molecule has 4 heteroatoms. The molecule has 0 bridgehead atoms. The van der Waals surface area contributed by atoms with Gasteiger partial charge < -0.3 is 9.47 Å². The molecule has 0 radical (unpaired) electrons. The van der Waals surface area contributed by atoms with Crippen LogP contribution in [-0.2, 0) is 4.74 Å². The maximum atomic E-state index is 6.07. The van der Waals surface area contributed by atoms with Crippen molar-refractivity contribution < 1.29 is 9.47 Å². The van der Waals surface area contributed by atoms with Crippen LogP contribution in [0.4, 0.5) is 0 Å². The molecule has 2 nitrogen and oxygen atoms in total. The fourth-order valence-corrected chi connectivity index (χ4v) is 2.47. The molecule has 1 aromatic rings. The summed E-state index contributed by atoms with van der Waals surface area (Å²) in [5.74, 6) is 0.748. The van der Waals surface area contributed by atoms with Gasteiger partial charge in [-0.25, -0.2) is 0 Å². The zero-order chi connectivity index (χ0) is 11.5. The van der Waals surface area contributed by atoms with E-state index < -0.39 is 0 Å². The lowest BCUT2D eigenvalue weighted by Gasteiger charge is -2.15. The predicted octanol–water partition coefficient (Wildman–Crippen LogP) is 4.05. The summed E-state index contributed by atoms with van der Waals surface area (Å²) >= 11 is 9.48. The third kappa shape index (κ3) is 2.90. The van der Waals surface area contributed by atoms with Crippen LogP contribution in [0.2, 0.25) is 5.02 Å². The Morgan fingerprint density at radius 1 is 1.31 bits per heavy atom. The van der Waals surface area contributed by atoms with Gasteiger partial charge in [-0.15, -0.1) is 0 Å². The first-order valence-corrected chi connectivity index (χ1v) is 6.50. The second kappa shape index (κ2) is 5.39. The summed E-state index contributed by atoms with van der Waals surface area (Å²) in [4.78, 5) is 0. The van der Waals surface area contributed by atoms with Crippen molar-refractivity contribution >= 4 is 27.5 Å². The monoisotopic (exact) mass is 304 g/mol. The van der Waals surface area contributed by atoms with Crippen molar-refractivity contribution in [2.75, 3.05) is 7.11 Å². The lowest BCUT2D eigenvalue weighted by molar-refractivity contribution is 0.0947. The van der Waals surface area contributed by atoms with E-state index in [2.05, 4.69) is 15.9 Å². The van der Waals surface area contributed by atoms with Crippen molar-refractivity contribution in [3.05, 3.63) is 27.7 Å². The van der Waals surface area contributed by atoms with Gasteiger partial charge in [-0.05, 0) is 31.0 Å². The highest BCUT2D eigenvalue weighted by Crippen LogP contribution is 2.32. The topological polar surface area (TPSA) is 18.5 Å². The Morgan fingerprint density at radius 3 is 2.75 bits per heavy atom. The second-order valence-corrected chi connectivity index (χ2v) is 5.31. The maximum absolute atomic E-state index is 6.07. The molecule has 1 aliphatic carbocycles. The average molecular weight is 306 g/mol. The van der Waals surface area contributed by atoms with Crippen LogP contribution in [0.1, 0.15) is 19.3 Å². The molecule has 2 atom stereocenters. The maximum Gasteiger partial charge on any atom is 0.139 e. The molecule has 0 heterocycles. The Hall–Kier alpha value is -0.250. The molecule has 0 amide bonds. The summed E-state index contributed by atoms with van der Waals surface area (Å²) in [5, 5.41) is 0.657. The van der Waals surface area contributed by atoms with Gasteiger partial charge in [-0.1, -0.05) is 27.5 Å². The van der Waals surface area contributed by atoms with Crippen LogP contribution in [0.25, 0.3) is 0 Å². The van der Waals surface area contributed by atoms with E-state index in [9.17, 15) is 0 Å². The first-order valence-electron chi connectivity index (χ1n) is 5.33. The first kappa shape index (κ1) is 12.2. The van der Waals surface area contributed by atoms with Gasteiger partial charge in [-0.2, -0.15) is 0 Å². The first-order chi connectivity index (χ1) is 7.69. The SMILES string of the molecule is CO[C@H]1CC[C@@H](Oc2cc(Br)ccc2Cl)C1. The number of halogens is 2. The lowest BCUT2D eigenvalue weighted by atomic mass is 10.3. The fourth-order valence-electron chi connectivity index (χ4n) is 1.97. The summed E-state index contributed by atoms with van der Waals surface area (Å²) in [6.07, 6.45) is 3.58. The van der Waals surface area contributed by atoms with Gasteiger partial charge in [0.25, 0.3) is 0 Å². The van der Waals surface area contributed by atoms with E-state index >= 15 is 0 Å². The Kier molecular flexibility index (Phi) is 4.11. The predicted molar refractivity (Wildman–Crippen MR) is 68.2 cm³/mol. The van der Waals surface area contributed by atoms with E-state index in [0.29, 0.717) is 11.1 Å². The summed E-state index contributed by atoms with van der Waals surface area (Å²) < 4.78 is 12.2. The number of hydrogen-bond acceptors (Lipinski definition) is 2. The molecule has 2 rings (SSSR count). The zero-order valence-corrected chi connectivity index (χ0v) is 11.4. The molecule has 0 unspecified atom stereocenters. The summed E-state index contributed by atoms with van der Waals surface area (Å²) in [5.41, 5.74) is 0. The Morgan fingerprint density at radius 2 is 2.06 bits per heavy atom. The summed E-state index contributed by atoms with van der Waals surface area (Å²) in [7, 11) is 1.75. The molecule has 1 aliphatic rings. The van der Waals surface area contributed by atoms with E-state index in [-0.39, 0.29) is 6.10 Å². The van der Waals surface area contributed by atoms with Gasteiger partial charge in [0, 0.05) is 18.0 Å². The normalized spacial score (nSPS) is 24.7. The number of rotatable bonds is 3. The van der Waals surface area contributed by atoms with E-state index in [1.54, 1.807) is 7.11 Å². The molecule has 0 saturated heterocycles. The minimum Gasteiger partial charge on any atom is -0.489 e. The van der Waals surface area contributed by atoms with Crippen LogP contribution < -0.4 is 4.74 Å². The van der Waals surface area contributed by atoms with Gasteiger partial charge in [0.2, 0.25) is 0 Å². The highest BCUT2D eigenvalue weighted by Gasteiger charge is 2.26. The number of hydrogen-bond donors (Lipinski definition) is 0. The van der Waals surface area contributed by atoms with Crippen LogP contribution in [0.15, 0.2) is 22.7 Å². The standard InChI is InChI=1S/C12H14BrClO2/c1-15-9-3-4-10(7-9)16-12-6-8(13)2-5-11(12)14/h2,5-6,9-10H,3-4,7H2,1H3/t9-,10+/m0/s1. The van der Waals surface area contributed by atoms with Gasteiger partial charge in [-0.3, -0.25) is 0 Å². The van der Waals surface area contributed by atoms with Crippen molar-refractivity contribution in [3.63, 3.8) is 0 Å². The van der Waals surface area contributed by atoms with E-state index in [4.69, 9.17) is 21.1 Å². The zero-order valence-electron chi connectivity index (χ0n) is 9.08. The quantitative estimate of drug-likeness (QED) is 0.839. The van der Waals surface area contributed by atoms with E-state index in [0.717, 1.165) is 29.5 Å². The minimum atomic E-state index is 0.219. The highest BCUT2D eigenvalue weighted by atomic mass is 79.9. The molecule has 16 heavy (non-hydrogen) atoms. The molecule has 1 fully saturated rings. The van der Waals surface area contributed by atoms with Crippen LogP contribution in [0, 0.1) is 0 Å². The number of ether oxygens (including phenoxy) is 2. The van der Waals surface area contributed by atoms with Gasteiger partial charge in [0.1, 0.15) is 11.9 Å². The second-order valence-electron chi connectivity index (χ2n) is 3.99. The molecule has 0 spiro atoms. The molecule has 1 aromatic carbocycles. The van der Waals surface area contributed by atoms with Crippen molar-refractivity contribution in [1.82, 2.24) is 0 Å². The highest BCUT2D eigenvalue weighted by molar-refractivity contribution is 9.10. The van der Waals surface area contributed by atoms with Crippen molar-refractivity contribution in [2.45, 2.75) is 31.5 Å². The van der Waals surface area contributed by atoms with Crippen molar-refractivity contribution in [2.24, 2.45) is 0 Å². The Bertz CT molecular complexity index is 370. The van der Waals surface area contributed by atoms with Crippen molar-refractivity contribution in [3.8, 4) is 5.75 Å². The molecule has 88 valence electrons.